The van der Waals surface area contributed by atoms with E-state index in [9.17, 15) is 0 Å². The van der Waals surface area contributed by atoms with E-state index in [-0.39, 0.29) is 5.41 Å². The first-order valence-electron chi connectivity index (χ1n) is 4.75. The zero-order valence-electron chi connectivity index (χ0n) is 9.63. The van der Waals surface area contributed by atoms with E-state index in [0.29, 0.717) is 0 Å². The van der Waals surface area contributed by atoms with Gasteiger partial charge in [0.15, 0.2) is 0 Å². The van der Waals surface area contributed by atoms with Crippen molar-refractivity contribution in [1.29, 1.82) is 0 Å². The highest BCUT2D eigenvalue weighted by Gasteiger charge is 2.22. The number of hydrogen-bond donors (Lipinski definition) is 0. The lowest BCUT2D eigenvalue weighted by molar-refractivity contribution is 0.393. The molecule has 0 heterocycles. The highest BCUT2D eigenvalue weighted by molar-refractivity contribution is 5.47. The standard InChI is InChI=1S/C13H16O2/c1-6-13(2,3)11-9-10(14-4)7-8-12(11)15-5/h1,7-9H,2-5H3. The summed E-state index contributed by atoms with van der Waals surface area (Å²) in [6.07, 6.45) is 5.51. The molecule has 0 aliphatic carbocycles. The second kappa shape index (κ2) is 4.27. The molecule has 0 amide bonds. The van der Waals surface area contributed by atoms with E-state index in [2.05, 4.69) is 5.92 Å². The Morgan fingerprint density at radius 1 is 1.20 bits per heavy atom. The minimum atomic E-state index is -0.361. The molecule has 1 aromatic rings. The minimum Gasteiger partial charge on any atom is -0.497 e. The Hall–Kier alpha value is -1.62. The van der Waals surface area contributed by atoms with Gasteiger partial charge in [0.25, 0.3) is 0 Å². The lowest BCUT2D eigenvalue weighted by Crippen LogP contribution is -2.15. The average Bonchev–Trinajstić information content (AvgIpc) is 2.28. The number of rotatable bonds is 3. The highest BCUT2D eigenvalue weighted by atomic mass is 16.5. The lowest BCUT2D eigenvalue weighted by atomic mass is 9.85. The van der Waals surface area contributed by atoms with Crippen LogP contribution in [0.2, 0.25) is 0 Å². The molecule has 0 aromatic heterocycles. The second-order valence-electron chi connectivity index (χ2n) is 3.84. The molecule has 2 heteroatoms. The van der Waals surface area contributed by atoms with Crippen molar-refractivity contribution in [2.45, 2.75) is 19.3 Å². The van der Waals surface area contributed by atoms with Crippen LogP contribution in [0.25, 0.3) is 0 Å². The summed E-state index contributed by atoms with van der Waals surface area (Å²) in [6.45, 7) is 3.95. The maximum atomic E-state index is 5.51. The minimum absolute atomic E-state index is 0.361. The first-order valence-corrected chi connectivity index (χ1v) is 4.75. The molecule has 0 aliphatic heterocycles. The predicted octanol–water partition coefficient (Wildman–Crippen LogP) is 2.61. The number of benzene rings is 1. The van der Waals surface area contributed by atoms with Crippen LogP contribution in [0.3, 0.4) is 0 Å². The summed E-state index contributed by atoms with van der Waals surface area (Å²) >= 11 is 0. The fourth-order valence-electron chi connectivity index (χ4n) is 1.38. The summed E-state index contributed by atoms with van der Waals surface area (Å²) in [7, 11) is 3.27. The van der Waals surface area contributed by atoms with Crippen LogP contribution in [0.5, 0.6) is 11.5 Å². The molecular formula is C13H16O2. The van der Waals surface area contributed by atoms with Crippen LogP contribution in [-0.4, -0.2) is 14.2 Å². The Morgan fingerprint density at radius 2 is 1.87 bits per heavy atom. The molecule has 15 heavy (non-hydrogen) atoms. The molecule has 0 radical (unpaired) electrons. The third kappa shape index (κ3) is 2.24. The van der Waals surface area contributed by atoms with Gasteiger partial charge in [-0.3, -0.25) is 0 Å². The van der Waals surface area contributed by atoms with Gasteiger partial charge >= 0.3 is 0 Å². The molecule has 0 atom stereocenters. The van der Waals surface area contributed by atoms with Crippen molar-refractivity contribution >= 4 is 0 Å². The topological polar surface area (TPSA) is 18.5 Å². The molecule has 0 N–H and O–H groups in total. The number of terminal acetylenes is 1. The first-order chi connectivity index (χ1) is 7.05. The first kappa shape index (κ1) is 11.5. The molecule has 0 saturated carbocycles. The fourth-order valence-corrected chi connectivity index (χ4v) is 1.38. The molecule has 0 spiro atoms. The van der Waals surface area contributed by atoms with Gasteiger partial charge in [-0.2, -0.15) is 0 Å². The van der Waals surface area contributed by atoms with Crippen LogP contribution in [0.15, 0.2) is 18.2 Å². The summed E-state index contributed by atoms with van der Waals surface area (Å²) < 4.78 is 10.5. The quantitative estimate of drug-likeness (QED) is 0.705. The van der Waals surface area contributed by atoms with E-state index in [4.69, 9.17) is 15.9 Å². The van der Waals surface area contributed by atoms with Gasteiger partial charge in [-0.25, -0.2) is 0 Å². The van der Waals surface area contributed by atoms with Crippen LogP contribution in [0, 0.1) is 12.3 Å². The number of hydrogen-bond acceptors (Lipinski definition) is 2. The van der Waals surface area contributed by atoms with Gasteiger partial charge in [-0.15, -0.1) is 6.42 Å². The van der Waals surface area contributed by atoms with Gasteiger partial charge in [0, 0.05) is 5.56 Å². The van der Waals surface area contributed by atoms with Crippen LogP contribution in [0.4, 0.5) is 0 Å². The van der Waals surface area contributed by atoms with Gasteiger partial charge in [-0.05, 0) is 32.0 Å². The molecule has 0 unspecified atom stereocenters. The summed E-state index contributed by atoms with van der Waals surface area (Å²) in [5.41, 5.74) is 0.603. The Morgan fingerprint density at radius 3 is 2.33 bits per heavy atom. The van der Waals surface area contributed by atoms with Gasteiger partial charge in [0.1, 0.15) is 11.5 Å². The van der Waals surface area contributed by atoms with Crippen LogP contribution in [-0.2, 0) is 5.41 Å². The molecule has 1 rings (SSSR count). The molecule has 0 saturated heterocycles. The molecule has 0 bridgehead atoms. The number of methoxy groups -OCH3 is 2. The lowest BCUT2D eigenvalue weighted by Gasteiger charge is -2.21. The molecule has 2 nitrogen and oxygen atoms in total. The Balaban J connectivity index is 3.31. The highest BCUT2D eigenvalue weighted by Crippen LogP contribution is 2.33. The molecule has 1 aromatic carbocycles. The van der Waals surface area contributed by atoms with Crippen molar-refractivity contribution in [3.05, 3.63) is 23.8 Å². The monoisotopic (exact) mass is 204 g/mol. The zero-order chi connectivity index (χ0) is 11.5. The summed E-state index contributed by atoms with van der Waals surface area (Å²) in [6, 6.07) is 5.64. The molecule has 80 valence electrons. The maximum Gasteiger partial charge on any atom is 0.123 e. The Bertz CT molecular complexity index is 386. The normalized spacial score (nSPS) is 10.6. The van der Waals surface area contributed by atoms with Crippen molar-refractivity contribution < 1.29 is 9.47 Å². The van der Waals surface area contributed by atoms with Gasteiger partial charge in [0.2, 0.25) is 0 Å². The van der Waals surface area contributed by atoms with E-state index in [1.165, 1.54) is 0 Å². The third-order valence-electron chi connectivity index (χ3n) is 2.44. The smallest absolute Gasteiger partial charge is 0.123 e. The summed E-state index contributed by atoms with van der Waals surface area (Å²) in [5.74, 6) is 4.32. The molecular weight excluding hydrogens is 188 g/mol. The largest absolute Gasteiger partial charge is 0.497 e. The van der Waals surface area contributed by atoms with Crippen molar-refractivity contribution in [2.24, 2.45) is 0 Å². The second-order valence-corrected chi connectivity index (χ2v) is 3.84. The van der Waals surface area contributed by atoms with Crippen molar-refractivity contribution in [3.63, 3.8) is 0 Å². The fraction of sp³-hybridized carbons (Fsp3) is 0.385. The van der Waals surface area contributed by atoms with E-state index < -0.39 is 0 Å². The SMILES string of the molecule is C#CC(C)(C)c1cc(OC)ccc1OC. The van der Waals surface area contributed by atoms with Gasteiger partial charge < -0.3 is 9.47 Å². The predicted molar refractivity (Wildman–Crippen MR) is 61.4 cm³/mol. The van der Waals surface area contributed by atoms with E-state index in [0.717, 1.165) is 17.1 Å². The van der Waals surface area contributed by atoms with E-state index >= 15 is 0 Å². The van der Waals surface area contributed by atoms with Crippen molar-refractivity contribution in [2.75, 3.05) is 14.2 Å². The van der Waals surface area contributed by atoms with E-state index in [1.54, 1.807) is 14.2 Å². The maximum absolute atomic E-state index is 5.51. The van der Waals surface area contributed by atoms with Crippen molar-refractivity contribution in [3.8, 4) is 23.8 Å². The van der Waals surface area contributed by atoms with Crippen molar-refractivity contribution in [1.82, 2.24) is 0 Å². The van der Waals surface area contributed by atoms with Gasteiger partial charge in [0.05, 0.1) is 19.6 Å². The summed E-state index contributed by atoms with van der Waals surface area (Å²) in [5, 5.41) is 0. The van der Waals surface area contributed by atoms with Crippen LogP contribution >= 0.6 is 0 Å². The third-order valence-corrected chi connectivity index (χ3v) is 2.44. The Labute approximate surface area is 91.2 Å². The van der Waals surface area contributed by atoms with Crippen LogP contribution < -0.4 is 9.47 Å². The molecule has 0 aliphatic rings. The average molecular weight is 204 g/mol. The summed E-state index contributed by atoms with van der Waals surface area (Å²) in [4.78, 5) is 0. The van der Waals surface area contributed by atoms with Crippen LogP contribution in [0.1, 0.15) is 19.4 Å². The van der Waals surface area contributed by atoms with Gasteiger partial charge in [-0.1, -0.05) is 5.92 Å². The number of ether oxygens (including phenoxy) is 2. The Kier molecular flexibility index (Phi) is 3.26. The van der Waals surface area contributed by atoms with E-state index in [1.807, 2.05) is 32.0 Å². The molecule has 0 fully saturated rings. The zero-order valence-corrected chi connectivity index (χ0v) is 9.63.